The van der Waals surface area contributed by atoms with Crippen LogP contribution in [0.15, 0.2) is 0 Å². The first kappa shape index (κ1) is 18.4. The Morgan fingerprint density at radius 1 is 1.00 bits per heavy atom. The first-order valence-corrected chi connectivity index (χ1v) is 7.35. The normalized spacial score (nSPS) is 21.3. The first-order valence-electron chi connectivity index (χ1n) is 7.35. The molecule has 1 fully saturated rings. The number of carbonyl (C=O) groups excluding carboxylic acids is 3. The van der Waals surface area contributed by atoms with Crippen LogP contribution >= 0.6 is 0 Å². The average Bonchev–Trinajstić information content (AvgIpc) is 2.49. The maximum atomic E-state index is 12.1. The van der Waals surface area contributed by atoms with Crippen LogP contribution in [-0.4, -0.2) is 68.7 Å². The van der Waals surface area contributed by atoms with Gasteiger partial charge in [-0.3, -0.25) is 19.3 Å². The summed E-state index contributed by atoms with van der Waals surface area (Å²) < 4.78 is 9.12. The number of carbonyl (C=O) groups is 3. The Labute approximate surface area is 130 Å². The number of methoxy groups -OCH3 is 2. The highest BCUT2D eigenvalue weighted by Gasteiger charge is 2.23. The Morgan fingerprint density at radius 3 is 1.95 bits per heavy atom. The molecule has 0 heterocycles. The second-order valence-corrected chi connectivity index (χ2v) is 5.48. The molecule has 8 nitrogen and oxygen atoms in total. The van der Waals surface area contributed by atoms with Crippen LogP contribution in [0.3, 0.4) is 0 Å². The molecular formula is C14H25N3O5. The molecule has 1 aliphatic carbocycles. The lowest BCUT2D eigenvalue weighted by atomic mass is 9.92. The van der Waals surface area contributed by atoms with Crippen molar-refractivity contribution in [2.24, 2.45) is 5.73 Å². The Balaban J connectivity index is 2.46. The number of hydrogen-bond acceptors (Lipinski definition) is 7. The zero-order valence-electron chi connectivity index (χ0n) is 13.2. The molecule has 1 saturated carbocycles. The van der Waals surface area contributed by atoms with Crippen molar-refractivity contribution in [1.29, 1.82) is 0 Å². The SMILES string of the molecule is COC(=O)CN(CC(=O)N[C@H]1CC[C@H](N)CC1)CC(=O)OC. The summed E-state index contributed by atoms with van der Waals surface area (Å²) >= 11 is 0. The minimum Gasteiger partial charge on any atom is -0.468 e. The van der Waals surface area contributed by atoms with Crippen LogP contribution in [0.1, 0.15) is 25.7 Å². The molecule has 3 N–H and O–H groups in total. The van der Waals surface area contributed by atoms with E-state index in [1.165, 1.54) is 19.1 Å². The van der Waals surface area contributed by atoms with E-state index in [1.54, 1.807) is 0 Å². The van der Waals surface area contributed by atoms with Gasteiger partial charge in [0.1, 0.15) is 0 Å². The second kappa shape index (κ2) is 9.37. The lowest BCUT2D eigenvalue weighted by Crippen LogP contribution is -2.47. The fraction of sp³-hybridized carbons (Fsp3) is 0.786. The van der Waals surface area contributed by atoms with Gasteiger partial charge in [0.2, 0.25) is 5.91 Å². The molecule has 1 rings (SSSR count). The lowest BCUT2D eigenvalue weighted by Gasteiger charge is -2.28. The summed E-state index contributed by atoms with van der Waals surface area (Å²) in [6.45, 7) is -0.351. The predicted octanol–water partition coefficient (Wildman–Crippen LogP) is -0.979. The molecular weight excluding hydrogens is 290 g/mol. The minimum absolute atomic E-state index is 0.0627. The van der Waals surface area contributed by atoms with E-state index in [0.717, 1.165) is 25.7 Å². The third-order valence-electron chi connectivity index (χ3n) is 3.66. The monoisotopic (exact) mass is 315 g/mol. The number of nitrogens with zero attached hydrogens (tertiary/aromatic N) is 1. The van der Waals surface area contributed by atoms with Crippen molar-refractivity contribution in [3.63, 3.8) is 0 Å². The van der Waals surface area contributed by atoms with Crippen LogP contribution < -0.4 is 11.1 Å². The number of nitrogens with two attached hydrogens (primary N) is 1. The van der Waals surface area contributed by atoms with Crippen molar-refractivity contribution in [3.8, 4) is 0 Å². The zero-order chi connectivity index (χ0) is 16.5. The van der Waals surface area contributed by atoms with Crippen LogP contribution in [0.2, 0.25) is 0 Å². The van der Waals surface area contributed by atoms with Gasteiger partial charge in [-0.25, -0.2) is 0 Å². The summed E-state index contributed by atoms with van der Waals surface area (Å²) in [4.78, 5) is 36.1. The van der Waals surface area contributed by atoms with Gasteiger partial charge in [0.15, 0.2) is 0 Å². The molecule has 0 atom stereocenters. The van der Waals surface area contributed by atoms with Crippen LogP contribution in [0.25, 0.3) is 0 Å². The van der Waals surface area contributed by atoms with E-state index in [4.69, 9.17) is 5.73 Å². The number of rotatable bonds is 7. The highest BCUT2D eigenvalue weighted by atomic mass is 16.5. The fourth-order valence-corrected chi connectivity index (χ4v) is 2.40. The Bertz CT molecular complexity index is 376. The summed E-state index contributed by atoms with van der Waals surface area (Å²) in [6, 6.07) is 0.314. The van der Waals surface area contributed by atoms with Crippen molar-refractivity contribution >= 4 is 17.8 Å². The van der Waals surface area contributed by atoms with Crippen molar-refractivity contribution in [2.45, 2.75) is 37.8 Å². The second-order valence-electron chi connectivity index (χ2n) is 5.48. The average molecular weight is 315 g/mol. The van der Waals surface area contributed by atoms with Crippen LogP contribution in [0, 0.1) is 0 Å². The van der Waals surface area contributed by atoms with E-state index in [-0.39, 0.29) is 37.6 Å². The van der Waals surface area contributed by atoms with E-state index < -0.39 is 11.9 Å². The Hall–Kier alpha value is -1.67. The van der Waals surface area contributed by atoms with Crippen molar-refractivity contribution in [3.05, 3.63) is 0 Å². The molecule has 0 radical (unpaired) electrons. The fourth-order valence-electron chi connectivity index (χ4n) is 2.40. The number of nitrogens with one attached hydrogen (secondary N) is 1. The maximum Gasteiger partial charge on any atom is 0.319 e. The standard InChI is InChI=1S/C14H25N3O5/c1-21-13(19)8-17(9-14(20)22-2)7-12(18)16-11-5-3-10(15)4-6-11/h10-11H,3-9,15H2,1-2H3,(H,16,18)/t10-,11-. The van der Waals surface area contributed by atoms with Gasteiger partial charge in [-0.1, -0.05) is 0 Å². The number of ether oxygens (including phenoxy) is 2. The molecule has 0 aromatic carbocycles. The summed E-state index contributed by atoms with van der Waals surface area (Å²) in [5.41, 5.74) is 5.83. The summed E-state index contributed by atoms with van der Waals surface area (Å²) in [5, 5.41) is 2.91. The first-order chi connectivity index (χ1) is 10.4. The minimum atomic E-state index is -0.514. The molecule has 0 aromatic heterocycles. The van der Waals surface area contributed by atoms with Crippen molar-refractivity contribution in [1.82, 2.24) is 10.2 Å². The molecule has 1 aliphatic rings. The molecule has 126 valence electrons. The summed E-state index contributed by atoms with van der Waals surface area (Å²) in [7, 11) is 2.51. The number of esters is 2. The van der Waals surface area contributed by atoms with E-state index in [2.05, 4.69) is 14.8 Å². The number of amides is 1. The van der Waals surface area contributed by atoms with Gasteiger partial charge in [0.25, 0.3) is 0 Å². The highest BCUT2D eigenvalue weighted by Crippen LogP contribution is 2.16. The summed E-state index contributed by atoms with van der Waals surface area (Å²) in [6.07, 6.45) is 3.47. The van der Waals surface area contributed by atoms with E-state index >= 15 is 0 Å². The summed E-state index contributed by atoms with van der Waals surface area (Å²) in [5.74, 6) is -1.26. The van der Waals surface area contributed by atoms with Gasteiger partial charge in [-0.15, -0.1) is 0 Å². The third kappa shape index (κ3) is 6.86. The van der Waals surface area contributed by atoms with Gasteiger partial charge in [0.05, 0.1) is 33.9 Å². The maximum absolute atomic E-state index is 12.1. The molecule has 0 bridgehead atoms. The molecule has 0 unspecified atom stereocenters. The molecule has 0 aromatic rings. The zero-order valence-corrected chi connectivity index (χ0v) is 13.2. The Kier molecular flexibility index (Phi) is 7.83. The van der Waals surface area contributed by atoms with E-state index in [1.807, 2.05) is 0 Å². The van der Waals surface area contributed by atoms with Gasteiger partial charge in [0, 0.05) is 12.1 Å². The largest absolute Gasteiger partial charge is 0.468 e. The topological polar surface area (TPSA) is 111 Å². The van der Waals surface area contributed by atoms with Crippen LogP contribution in [0.5, 0.6) is 0 Å². The lowest BCUT2D eigenvalue weighted by molar-refractivity contribution is -0.146. The van der Waals surface area contributed by atoms with E-state index in [9.17, 15) is 14.4 Å². The van der Waals surface area contributed by atoms with Gasteiger partial charge >= 0.3 is 11.9 Å². The smallest absolute Gasteiger partial charge is 0.319 e. The third-order valence-corrected chi connectivity index (χ3v) is 3.66. The van der Waals surface area contributed by atoms with Gasteiger partial charge < -0.3 is 20.5 Å². The highest BCUT2D eigenvalue weighted by molar-refractivity contribution is 5.81. The van der Waals surface area contributed by atoms with Crippen molar-refractivity contribution < 1.29 is 23.9 Å². The van der Waals surface area contributed by atoms with Crippen LogP contribution in [-0.2, 0) is 23.9 Å². The van der Waals surface area contributed by atoms with E-state index in [0.29, 0.717) is 0 Å². The molecule has 1 amide bonds. The van der Waals surface area contributed by atoms with Crippen LogP contribution in [0.4, 0.5) is 0 Å². The molecule has 0 aliphatic heterocycles. The Morgan fingerprint density at radius 2 is 1.50 bits per heavy atom. The molecule has 8 heteroatoms. The number of hydrogen-bond donors (Lipinski definition) is 2. The molecule has 22 heavy (non-hydrogen) atoms. The van der Waals surface area contributed by atoms with Crippen molar-refractivity contribution in [2.75, 3.05) is 33.9 Å². The van der Waals surface area contributed by atoms with Gasteiger partial charge in [-0.05, 0) is 25.7 Å². The van der Waals surface area contributed by atoms with Gasteiger partial charge in [-0.2, -0.15) is 0 Å². The molecule has 0 saturated heterocycles. The predicted molar refractivity (Wildman–Crippen MR) is 78.8 cm³/mol. The quantitative estimate of drug-likeness (QED) is 0.581. The molecule has 0 spiro atoms.